The van der Waals surface area contributed by atoms with Gasteiger partial charge in [0.25, 0.3) is 0 Å². The van der Waals surface area contributed by atoms with Crippen LogP contribution in [0.4, 0.5) is 0 Å². The molecule has 1 aromatic heterocycles. The van der Waals surface area contributed by atoms with Crippen molar-refractivity contribution in [3.8, 4) is 0 Å². The number of Topliss-reactive ketones (excluding diaryl/α,β-unsaturated/α-hetero) is 1. The van der Waals surface area contributed by atoms with Crippen molar-refractivity contribution in [1.82, 2.24) is 10.6 Å². The molecule has 6 heterocycles. The second-order valence-corrected chi connectivity index (χ2v) is 18.7. The van der Waals surface area contributed by atoms with Gasteiger partial charge in [-0.1, -0.05) is 26.0 Å². The van der Waals surface area contributed by atoms with Crippen LogP contribution >= 0.6 is 0 Å². The van der Waals surface area contributed by atoms with E-state index in [0.29, 0.717) is 43.4 Å². The molecule has 5 saturated heterocycles. The second-order valence-electron chi connectivity index (χ2n) is 18.7. The Morgan fingerprint density at radius 3 is 2.56 bits per heavy atom. The van der Waals surface area contributed by atoms with E-state index >= 15 is 0 Å². The molecule has 16 unspecified atom stereocenters. The zero-order valence-corrected chi connectivity index (χ0v) is 30.5. The number of rotatable bonds is 6. The number of cyclic esters (lactones) is 2. The first-order valence-electron chi connectivity index (χ1n) is 19.6. The van der Waals surface area contributed by atoms with E-state index in [9.17, 15) is 24.6 Å². The highest BCUT2D eigenvalue weighted by atomic mass is 16.7. The predicted molar refractivity (Wildman–Crippen MR) is 182 cm³/mol. The topological polar surface area (TPSA) is 169 Å². The van der Waals surface area contributed by atoms with Gasteiger partial charge in [-0.2, -0.15) is 0 Å². The van der Waals surface area contributed by atoms with E-state index in [1.807, 2.05) is 26.8 Å². The minimum Gasteiger partial charge on any atom is -0.469 e. The highest BCUT2D eigenvalue weighted by Crippen LogP contribution is 2.82. The highest BCUT2D eigenvalue weighted by Gasteiger charge is 2.92. The van der Waals surface area contributed by atoms with Gasteiger partial charge in [0.15, 0.2) is 11.9 Å². The van der Waals surface area contributed by atoms with Crippen molar-refractivity contribution in [2.24, 2.45) is 57.7 Å². The van der Waals surface area contributed by atoms with Gasteiger partial charge in [0, 0.05) is 54.1 Å². The van der Waals surface area contributed by atoms with Crippen LogP contribution in [0.15, 0.2) is 28.9 Å². The number of carbonyl (C=O) groups excluding carboxylic acids is 3. The Bertz CT molecular complexity index is 1740. The van der Waals surface area contributed by atoms with Gasteiger partial charge in [0.1, 0.15) is 30.2 Å². The maximum atomic E-state index is 14.7. The van der Waals surface area contributed by atoms with Crippen LogP contribution in [-0.2, 0) is 39.8 Å². The number of hydrogen-bond acceptors (Lipinski definition) is 12. The lowest BCUT2D eigenvalue weighted by atomic mass is 9.34. The summed E-state index contributed by atoms with van der Waals surface area (Å²) in [5, 5.41) is 30.1. The third-order valence-electron chi connectivity index (χ3n) is 16.1. The summed E-state index contributed by atoms with van der Waals surface area (Å²) < 4.78 is 32.0. The maximum Gasteiger partial charge on any atom is 0.339 e. The molecule has 2 spiro atoms. The molecule has 12 nitrogen and oxygen atoms in total. The van der Waals surface area contributed by atoms with Crippen LogP contribution in [0.25, 0.3) is 0 Å². The van der Waals surface area contributed by atoms with Crippen LogP contribution < -0.4 is 10.6 Å². The summed E-state index contributed by atoms with van der Waals surface area (Å²) in [4.78, 5) is 42.1. The van der Waals surface area contributed by atoms with Crippen molar-refractivity contribution in [3.63, 3.8) is 0 Å². The molecule has 12 heteroatoms. The molecular formula is C40H52N2O10. The first kappa shape index (κ1) is 33.9. The number of furan rings is 1. The fourth-order valence-electron chi connectivity index (χ4n) is 14.3. The fraction of sp³-hybridized carbons (Fsp3) is 0.775. The third kappa shape index (κ3) is 3.96. The van der Waals surface area contributed by atoms with Crippen molar-refractivity contribution in [1.29, 1.82) is 0 Å². The minimum atomic E-state index is -1.43. The highest BCUT2D eigenvalue weighted by molar-refractivity contribution is 5.92. The Kier molecular flexibility index (Phi) is 7.18. The van der Waals surface area contributed by atoms with Gasteiger partial charge < -0.3 is 38.9 Å². The van der Waals surface area contributed by atoms with Gasteiger partial charge in [0.2, 0.25) is 0 Å². The summed E-state index contributed by atoms with van der Waals surface area (Å²) >= 11 is 0. The Morgan fingerprint density at radius 1 is 1.00 bits per heavy atom. The number of esters is 2. The van der Waals surface area contributed by atoms with Crippen LogP contribution in [0.2, 0.25) is 0 Å². The lowest BCUT2D eigenvalue weighted by molar-refractivity contribution is -0.266. The molecule has 9 aliphatic rings. The standard InChI is InChI=1S/C40H52N2O10/c1-36(2)29-27(44)30(45)38(4)28-21(9-10-24-32(51-36)39(28,29)17-49-34(24)46)14-37(3)31(50-35(47)33-40(37,38)52-33)23-11-12-48-26(23)13-22(16-43)19-5-7-20(8-6-19)25-15-41-18-42-25/h5,7,11-12,19-22,24-25,28-33,41-43,45H,6,8-10,13-18H2,1-4H3. The van der Waals surface area contributed by atoms with Gasteiger partial charge in [-0.25, -0.2) is 4.79 Å². The molecule has 16 atom stereocenters. The quantitative estimate of drug-likeness (QED) is 0.193. The first-order valence-corrected chi connectivity index (χ1v) is 19.6. The molecule has 5 aliphatic heterocycles. The molecular weight excluding hydrogens is 668 g/mol. The molecule has 282 valence electrons. The van der Waals surface area contributed by atoms with Crippen molar-refractivity contribution in [2.45, 2.75) is 108 Å². The Morgan fingerprint density at radius 2 is 1.83 bits per heavy atom. The first-order chi connectivity index (χ1) is 24.8. The number of hydrogen-bond donors (Lipinski definition) is 4. The van der Waals surface area contributed by atoms with Crippen molar-refractivity contribution >= 4 is 17.7 Å². The van der Waals surface area contributed by atoms with E-state index in [4.69, 9.17) is 23.4 Å². The molecule has 0 amide bonds. The number of allylic oxidation sites excluding steroid dienone is 1. The zero-order valence-electron chi connectivity index (χ0n) is 30.5. The number of ether oxygens (including phenoxy) is 4. The van der Waals surface area contributed by atoms with Gasteiger partial charge in [-0.3, -0.25) is 14.9 Å². The van der Waals surface area contributed by atoms with Crippen LogP contribution in [0.1, 0.15) is 77.2 Å². The summed E-state index contributed by atoms with van der Waals surface area (Å²) in [6, 6.07) is 2.29. The Labute approximate surface area is 303 Å². The molecule has 8 fully saturated rings. The number of epoxide rings is 1. The van der Waals surface area contributed by atoms with E-state index in [2.05, 4.69) is 29.7 Å². The largest absolute Gasteiger partial charge is 0.469 e. The molecule has 10 rings (SSSR count). The monoisotopic (exact) mass is 720 g/mol. The minimum absolute atomic E-state index is 0.0131. The number of aliphatic hydroxyl groups excluding tert-OH is 2. The van der Waals surface area contributed by atoms with Crippen LogP contribution in [0.5, 0.6) is 0 Å². The lowest BCUT2D eigenvalue weighted by Crippen LogP contribution is -2.77. The van der Waals surface area contributed by atoms with Gasteiger partial charge >= 0.3 is 11.9 Å². The number of carbonyl (C=O) groups is 3. The van der Waals surface area contributed by atoms with Crippen LogP contribution in [0.3, 0.4) is 0 Å². The molecule has 2 bridgehead atoms. The molecule has 52 heavy (non-hydrogen) atoms. The lowest BCUT2D eigenvalue weighted by Gasteiger charge is -2.68. The van der Waals surface area contributed by atoms with E-state index in [0.717, 1.165) is 31.6 Å². The number of ketones is 1. The fourth-order valence-corrected chi connectivity index (χ4v) is 14.3. The van der Waals surface area contributed by atoms with Crippen LogP contribution in [0, 0.1) is 57.7 Å². The summed E-state index contributed by atoms with van der Waals surface area (Å²) in [6.45, 7) is 9.64. The van der Waals surface area contributed by atoms with E-state index in [1.165, 1.54) is 0 Å². The second kappa shape index (κ2) is 11.0. The summed E-state index contributed by atoms with van der Waals surface area (Å²) in [6.07, 6.45) is 6.78. The Balaban J connectivity index is 1.03. The van der Waals surface area contributed by atoms with Gasteiger partial charge in [0.05, 0.1) is 29.8 Å². The molecule has 0 radical (unpaired) electrons. The number of aliphatic hydroxyl groups is 2. The van der Waals surface area contributed by atoms with E-state index < -0.39 is 69.7 Å². The van der Waals surface area contributed by atoms with Crippen molar-refractivity contribution in [3.05, 3.63) is 35.8 Å². The third-order valence-corrected chi connectivity index (χ3v) is 16.1. The Hall–Kier alpha value is -2.61. The SMILES string of the molecule is CC1(C)OC2C3CCC4CC5(C)C(c6ccoc6CC(CO)C6C=CC(C7CNCN7)CC6)OC(=O)C6OC65C5(C)C(O)C(=O)C1C2(COC3=O)C45. The normalized spacial score (nSPS) is 51.4. The van der Waals surface area contributed by atoms with Crippen LogP contribution in [-0.4, -0.2) is 89.9 Å². The van der Waals surface area contributed by atoms with E-state index in [1.54, 1.807) is 6.26 Å². The van der Waals surface area contributed by atoms with Crippen molar-refractivity contribution < 1.29 is 48.0 Å². The number of nitrogens with one attached hydrogen (secondary N) is 2. The smallest absolute Gasteiger partial charge is 0.339 e. The predicted octanol–water partition coefficient (Wildman–Crippen LogP) is 2.61. The molecule has 3 saturated carbocycles. The average Bonchev–Trinajstić information content (AvgIpc) is 3.37. The summed E-state index contributed by atoms with van der Waals surface area (Å²) in [5.74, 6) is -1.48. The maximum absolute atomic E-state index is 14.7. The molecule has 4 N–H and O–H groups in total. The average molecular weight is 721 g/mol. The summed E-state index contributed by atoms with van der Waals surface area (Å²) in [7, 11) is 0. The van der Waals surface area contributed by atoms with Crippen molar-refractivity contribution in [2.75, 3.05) is 26.4 Å². The molecule has 4 aliphatic carbocycles. The summed E-state index contributed by atoms with van der Waals surface area (Å²) in [5.41, 5.74) is -4.31. The zero-order chi connectivity index (χ0) is 36.2. The van der Waals surface area contributed by atoms with Gasteiger partial charge in [-0.15, -0.1) is 0 Å². The van der Waals surface area contributed by atoms with Gasteiger partial charge in [-0.05, 0) is 81.6 Å². The molecule has 1 aromatic rings. The molecule has 0 aromatic carbocycles. The van der Waals surface area contributed by atoms with E-state index in [-0.39, 0.29) is 48.6 Å².